The fraction of sp³-hybridized carbons (Fsp3) is 0.182. The van der Waals surface area contributed by atoms with E-state index in [1.807, 2.05) is 6.07 Å². The molecule has 0 bridgehead atoms. The third-order valence-corrected chi connectivity index (χ3v) is 4.52. The lowest BCUT2D eigenvalue weighted by Gasteiger charge is -2.08. The molecular formula is C11H11BrN2O2S. The van der Waals surface area contributed by atoms with Gasteiger partial charge in [0.1, 0.15) is 0 Å². The third kappa shape index (κ3) is 2.28. The van der Waals surface area contributed by atoms with Crippen LogP contribution in [0.1, 0.15) is 0 Å². The Hall–Kier alpha value is -1.14. The Labute approximate surface area is 108 Å². The molecule has 1 N–H and O–H groups in total. The average molecular weight is 315 g/mol. The number of benzene rings is 1. The van der Waals surface area contributed by atoms with Crippen LogP contribution in [0.3, 0.4) is 0 Å². The quantitative estimate of drug-likeness (QED) is 0.925. The molecule has 4 nitrogen and oxygen atoms in total. The number of aromatic nitrogens is 1. The van der Waals surface area contributed by atoms with Gasteiger partial charge in [0.2, 0.25) is 0 Å². The van der Waals surface area contributed by atoms with Crippen LogP contribution >= 0.6 is 15.9 Å². The molecule has 0 saturated carbocycles. The van der Waals surface area contributed by atoms with Gasteiger partial charge in [-0.2, -0.15) is 0 Å². The van der Waals surface area contributed by atoms with E-state index in [2.05, 4.69) is 26.2 Å². The molecule has 0 fully saturated rings. The molecule has 0 amide bonds. The smallest absolute Gasteiger partial charge is 0.176 e. The fourth-order valence-electron chi connectivity index (χ4n) is 1.65. The van der Waals surface area contributed by atoms with Crippen molar-refractivity contribution in [2.75, 3.05) is 18.6 Å². The molecule has 0 aliphatic rings. The molecule has 2 rings (SSSR count). The van der Waals surface area contributed by atoms with Gasteiger partial charge in [0.05, 0.1) is 10.4 Å². The van der Waals surface area contributed by atoms with Gasteiger partial charge in [-0.1, -0.05) is 0 Å². The first kappa shape index (κ1) is 12.3. The molecule has 0 aliphatic carbocycles. The first-order valence-electron chi connectivity index (χ1n) is 4.89. The maximum atomic E-state index is 11.6. The van der Waals surface area contributed by atoms with Gasteiger partial charge in [-0.05, 0) is 34.1 Å². The molecular weight excluding hydrogens is 304 g/mol. The molecule has 1 aromatic heterocycles. The number of hydrogen-bond donors (Lipinski definition) is 1. The number of nitrogens with zero attached hydrogens (tertiary/aromatic N) is 1. The summed E-state index contributed by atoms with van der Waals surface area (Å²) in [5, 5.41) is 3.81. The Kier molecular flexibility index (Phi) is 3.09. The van der Waals surface area contributed by atoms with Gasteiger partial charge >= 0.3 is 0 Å². The average Bonchev–Trinajstić information content (AvgIpc) is 2.25. The van der Waals surface area contributed by atoms with Gasteiger partial charge in [-0.15, -0.1) is 0 Å². The zero-order chi connectivity index (χ0) is 12.6. The molecule has 17 heavy (non-hydrogen) atoms. The van der Waals surface area contributed by atoms with E-state index >= 15 is 0 Å². The van der Waals surface area contributed by atoms with E-state index in [0.717, 1.165) is 16.6 Å². The zero-order valence-corrected chi connectivity index (χ0v) is 11.8. The third-order valence-electron chi connectivity index (χ3n) is 2.46. The first-order chi connectivity index (χ1) is 7.93. The number of halogens is 1. The van der Waals surface area contributed by atoms with Crippen molar-refractivity contribution in [3.63, 3.8) is 0 Å². The summed E-state index contributed by atoms with van der Waals surface area (Å²) in [6.45, 7) is 0. The molecule has 90 valence electrons. The van der Waals surface area contributed by atoms with Gasteiger partial charge in [0, 0.05) is 35.0 Å². The monoisotopic (exact) mass is 314 g/mol. The van der Waals surface area contributed by atoms with Crippen molar-refractivity contribution in [3.05, 3.63) is 28.9 Å². The number of nitrogens with one attached hydrogen (secondary N) is 1. The Morgan fingerprint density at radius 1 is 1.35 bits per heavy atom. The topological polar surface area (TPSA) is 59.1 Å². The minimum Gasteiger partial charge on any atom is -0.388 e. The minimum atomic E-state index is -3.25. The van der Waals surface area contributed by atoms with Gasteiger partial charge in [0.15, 0.2) is 9.84 Å². The normalized spacial score (nSPS) is 11.7. The van der Waals surface area contributed by atoms with Crippen molar-refractivity contribution >= 4 is 42.4 Å². The van der Waals surface area contributed by atoms with Crippen LogP contribution in [0, 0.1) is 0 Å². The number of anilines is 1. The molecule has 0 spiro atoms. The van der Waals surface area contributed by atoms with E-state index < -0.39 is 9.84 Å². The van der Waals surface area contributed by atoms with Gasteiger partial charge in [-0.3, -0.25) is 4.98 Å². The predicted molar refractivity (Wildman–Crippen MR) is 72.1 cm³/mol. The van der Waals surface area contributed by atoms with Crippen LogP contribution in [0.15, 0.2) is 33.8 Å². The van der Waals surface area contributed by atoms with Crippen LogP contribution < -0.4 is 5.32 Å². The molecule has 0 saturated heterocycles. The highest BCUT2D eigenvalue weighted by Gasteiger charge is 2.14. The minimum absolute atomic E-state index is 0.273. The summed E-state index contributed by atoms with van der Waals surface area (Å²) in [5.74, 6) is 0. The molecule has 0 radical (unpaired) electrons. The van der Waals surface area contributed by atoms with Crippen molar-refractivity contribution in [2.24, 2.45) is 0 Å². The predicted octanol–water partition coefficient (Wildman–Crippen LogP) is 2.44. The van der Waals surface area contributed by atoms with Crippen molar-refractivity contribution in [3.8, 4) is 0 Å². The van der Waals surface area contributed by atoms with Crippen LogP contribution in [0.25, 0.3) is 10.9 Å². The van der Waals surface area contributed by atoms with Crippen LogP contribution in [0.4, 0.5) is 5.69 Å². The summed E-state index contributed by atoms with van der Waals surface area (Å²) in [5.41, 5.74) is 1.60. The van der Waals surface area contributed by atoms with Crippen LogP contribution in [0.2, 0.25) is 0 Å². The van der Waals surface area contributed by atoms with E-state index in [0.29, 0.717) is 4.47 Å². The SMILES string of the molecule is CNc1ccnc2cc(Br)c(S(C)(=O)=O)cc12. The highest BCUT2D eigenvalue weighted by atomic mass is 79.9. The van der Waals surface area contributed by atoms with Crippen LogP contribution in [-0.2, 0) is 9.84 Å². The maximum Gasteiger partial charge on any atom is 0.176 e. The molecule has 1 aromatic carbocycles. The zero-order valence-electron chi connectivity index (χ0n) is 9.36. The van der Waals surface area contributed by atoms with Crippen LogP contribution in [0.5, 0.6) is 0 Å². The number of fused-ring (bicyclic) bond motifs is 1. The summed E-state index contributed by atoms with van der Waals surface area (Å²) in [7, 11) is -1.46. The number of pyridine rings is 1. The second-order valence-corrected chi connectivity index (χ2v) is 6.52. The summed E-state index contributed by atoms with van der Waals surface area (Å²) in [4.78, 5) is 4.48. The van der Waals surface area contributed by atoms with E-state index in [1.165, 1.54) is 6.26 Å². The van der Waals surface area contributed by atoms with E-state index in [9.17, 15) is 8.42 Å². The summed E-state index contributed by atoms with van der Waals surface area (Å²) >= 11 is 3.26. The fourth-order valence-corrected chi connectivity index (χ4v) is 3.61. The molecule has 2 aromatic rings. The lowest BCUT2D eigenvalue weighted by molar-refractivity contribution is 0.601. The number of sulfone groups is 1. The Bertz CT molecular complexity index is 683. The summed E-state index contributed by atoms with van der Waals surface area (Å²) in [6, 6.07) is 5.16. The Balaban J connectivity index is 2.87. The van der Waals surface area contributed by atoms with Gasteiger partial charge in [-0.25, -0.2) is 8.42 Å². The molecule has 0 atom stereocenters. The number of hydrogen-bond acceptors (Lipinski definition) is 4. The summed E-state index contributed by atoms with van der Waals surface area (Å²) in [6.07, 6.45) is 2.87. The maximum absolute atomic E-state index is 11.6. The van der Waals surface area contributed by atoms with Crippen molar-refractivity contribution < 1.29 is 8.42 Å². The van der Waals surface area contributed by atoms with E-state index in [-0.39, 0.29) is 4.90 Å². The molecule has 6 heteroatoms. The van der Waals surface area contributed by atoms with Gasteiger partial charge < -0.3 is 5.32 Å². The standard InChI is InChI=1S/C11H11BrN2O2S/c1-13-9-3-4-14-10-6-8(12)11(5-7(9)10)17(2,15)16/h3-6H,1-2H3,(H,13,14). The van der Waals surface area contributed by atoms with E-state index in [4.69, 9.17) is 0 Å². The first-order valence-corrected chi connectivity index (χ1v) is 7.58. The second-order valence-electron chi connectivity index (χ2n) is 3.68. The van der Waals surface area contributed by atoms with E-state index in [1.54, 1.807) is 25.4 Å². The highest BCUT2D eigenvalue weighted by Crippen LogP contribution is 2.30. The van der Waals surface area contributed by atoms with Gasteiger partial charge in [0.25, 0.3) is 0 Å². The lowest BCUT2D eigenvalue weighted by Crippen LogP contribution is -2.00. The Morgan fingerprint density at radius 2 is 2.06 bits per heavy atom. The number of rotatable bonds is 2. The largest absolute Gasteiger partial charge is 0.388 e. The lowest BCUT2D eigenvalue weighted by atomic mass is 10.2. The summed E-state index contributed by atoms with van der Waals surface area (Å²) < 4.78 is 23.8. The second kappa shape index (κ2) is 4.27. The molecule has 0 aliphatic heterocycles. The molecule has 1 heterocycles. The Morgan fingerprint density at radius 3 is 2.65 bits per heavy atom. The van der Waals surface area contributed by atoms with Crippen molar-refractivity contribution in [2.45, 2.75) is 4.90 Å². The highest BCUT2D eigenvalue weighted by molar-refractivity contribution is 9.10. The van der Waals surface area contributed by atoms with Crippen molar-refractivity contribution in [1.82, 2.24) is 4.98 Å². The van der Waals surface area contributed by atoms with Crippen LogP contribution in [-0.4, -0.2) is 26.7 Å². The molecule has 0 unspecified atom stereocenters. The van der Waals surface area contributed by atoms with Crippen molar-refractivity contribution in [1.29, 1.82) is 0 Å².